The fourth-order valence-electron chi connectivity index (χ4n) is 3.67. The Morgan fingerprint density at radius 2 is 1.84 bits per heavy atom. The molecule has 0 spiro atoms. The number of nitrogens with zero attached hydrogens (tertiary/aromatic N) is 1. The van der Waals surface area contributed by atoms with E-state index in [4.69, 9.17) is 9.84 Å². The number of aliphatic carboxylic acids is 1. The van der Waals surface area contributed by atoms with Gasteiger partial charge in [-0.2, -0.15) is 0 Å². The molecule has 0 saturated carbocycles. The second kappa shape index (κ2) is 11.6. The number of carbonyl (C=O) groups excluding carboxylic acids is 3. The Hall–Kier alpha value is -3.67. The number of rotatable bonds is 7. The molecule has 37 heavy (non-hydrogen) atoms. The normalized spacial score (nSPS) is 17.3. The quantitative estimate of drug-likeness (QED) is 0.462. The highest BCUT2D eigenvalue weighted by Crippen LogP contribution is 2.43. The Labute approximate surface area is 216 Å². The van der Waals surface area contributed by atoms with Crippen LogP contribution in [0.5, 0.6) is 0 Å². The minimum atomic E-state index is -1.13. The van der Waals surface area contributed by atoms with Crippen LogP contribution >= 0.6 is 11.8 Å². The third kappa shape index (κ3) is 7.42. The van der Waals surface area contributed by atoms with E-state index in [2.05, 4.69) is 10.6 Å². The highest BCUT2D eigenvalue weighted by molar-refractivity contribution is 7.99. The maximum Gasteiger partial charge on any atom is 0.330 e. The van der Waals surface area contributed by atoms with Crippen LogP contribution in [0.4, 0.5) is 19.3 Å². The zero-order chi connectivity index (χ0) is 27.3. The zero-order valence-electron chi connectivity index (χ0n) is 20.4. The van der Waals surface area contributed by atoms with Gasteiger partial charge in [0.25, 0.3) is 0 Å². The summed E-state index contributed by atoms with van der Waals surface area (Å²) in [6, 6.07) is 7.95. The number of hydrogen-bond acceptors (Lipinski definition) is 6. The molecule has 2 aromatic rings. The minimum Gasteiger partial charge on any atom is -0.481 e. The van der Waals surface area contributed by atoms with Crippen LogP contribution in [-0.4, -0.2) is 57.8 Å². The van der Waals surface area contributed by atoms with Gasteiger partial charge in [-0.05, 0) is 44.5 Å². The second-order valence-corrected chi connectivity index (χ2v) is 10.4. The number of carboxylic acids is 1. The Kier molecular flexibility index (Phi) is 8.74. The number of halogens is 2. The lowest BCUT2D eigenvalue weighted by Gasteiger charge is -2.30. The molecule has 1 aliphatic heterocycles. The van der Waals surface area contributed by atoms with Crippen LogP contribution in [0.25, 0.3) is 0 Å². The lowest BCUT2D eigenvalue weighted by Crippen LogP contribution is -2.49. The van der Waals surface area contributed by atoms with E-state index in [-0.39, 0.29) is 17.7 Å². The lowest BCUT2D eigenvalue weighted by molar-refractivity contribution is -0.163. The number of nitrogens with one attached hydrogen (secondary N) is 2. The maximum absolute atomic E-state index is 14.6. The highest BCUT2D eigenvalue weighted by Gasteiger charge is 2.45. The van der Waals surface area contributed by atoms with E-state index in [0.717, 1.165) is 22.7 Å². The topological polar surface area (TPSA) is 125 Å². The predicted molar refractivity (Wildman–Crippen MR) is 133 cm³/mol. The summed E-state index contributed by atoms with van der Waals surface area (Å²) in [6.07, 6.45) is -0.230. The predicted octanol–water partition coefficient (Wildman–Crippen LogP) is 3.70. The first kappa shape index (κ1) is 27.9. The van der Waals surface area contributed by atoms with Gasteiger partial charge in [-0.25, -0.2) is 18.4 Å². The molecule has 3 rings (SSSR count). The number of hydrogen-bond donors (Lipinski definition) is 3. The molecule has 1 fully saturated rings. The van der Waals surface area contributed by atoms with Crippen molar-refractivity contribution in [3.05, 3.63) is 65.2 Å². The summed E-state index contributed by atoms with van der Waals surface area (Å²) in [4.78, 5) is 50.5. The van der Waals surface area contributed by atoms with Crippen molar-refractivity contribution in [1.29, 1.82) is 0 Å². The van der Waals surface area contributed by atoms with Gasteiger partial charge in [-0.1, -0.05) is 24.3 Å². The van der Waals surface area contributed by atoms with E-state index in [9.17, 15) is 28.0 Å². The summed E-state index contributed by atoms with van der Waals surface area (Å²) >= 11 is 1.08. The summed E-state index contributed by atoms with van der Waals surface area (Å²) in [5.41, 5.74) is -0.169. The van der Waals surface area contributed by atoms with Crippen LogP contribution in [0.2, 0.25) is 0 Å². The molecule has 2 aromatic carbocycles. The first-order valence-corrected chi connectivity index (χ1v) is 12.4. The van der Waals surface area contributed by atoms with Crippen LogP contribution in [0.1, 0.15) is 37.3 Å². The van der Waals surface area contributed by atoms with Gasteiger partial charge in [0.05, 0.1) is 13.0 Å². The first-order chi connectivity index (χ1) is 17.4. The van der Waals surface area contributed by atoms with Crippen LogP contribution in [0.15, 0.2) is 42.5 Å². The summed E-state index contributed by atoms with van der Waals surface area (Å²) in [7, 11) is 0. The fourth-order valence-corrected chi connectivity index (χ4v) is 5.12. The molecule has 1 aliphatic rings. The van der Waals surface area contributed by atoms with E-state index in [0.29, 0.717) is 11.3 Å². The molecule has 198 valence electrons. The number of esters is 1. The van der Waals surface area contributed by atoms with Gasteiger partial charge in [0.1, 0.15) is 17.0 Å². The van der Waals surface area contributed by atoms with E-state index in [1.54, 1.807) is 39.0 Å². The van der Waals surface area contributed by atoms with Crippen molar-refractivity contribution < 1.29 is 37.8 Å². The molecular weight excluding hydrogens is 508 g/mol. The van der Waals surface area contributed by atoms with Crippen molar-refractivity contribution in [3.8, 4) is 0 Å². The Balaban J connectivity index is 1.75. The van der Waals surface area contributed by atoms with Gasteiger partial charge >= 0.3 is 18.0 Å². The molecule has 0 aromatic heterocycles. The van der Waals surface area contributed by atoms with Crippen molar-refractivity contribution in [1.82, 2.24) is 10.2 Å². The molecule has 9 nitrogen and oxygen atoms in total. The largest absolute Gasteiger partial charge is 0.481 e. The van der Waals surface area contributed by atoms with Gasteiger partial charge in [-0.3, -0.25) is 9.59 Å². The Morgan fingerprint density at radius 3 is 2.51 bits per heavy atom. The molecule has 1 heterocycles. The van der Waals surface area contributed by atoms with Gasteiger partial charge in [0, 0.05) is 17.0 Å². The smallest absolute Gasteiger partial charge is 0.330 e. The molecule has 12 heteroatoms. The van der Waals surface area contributed by atoms with E-state index < -0.39 is 59.1 Å². The highest BCUT2D eigenvalue weighted by atomic mass is 32.2. The molecule has 1 saturated heterocycles. The summed E-state index contributed by atoms with van der Waals surface area (Å²) in [5, 5.41) is 12.8. The molecule has 0 aliphatic carbocycles. The molecule has 3 amide bonds. The minimum absolute atomic E-state index is 0.0871. The average Bonchev–Trinajstić information content (AvgIpc) is 3.23. The van der Waals surface area contributed by atoms with Crippen molar-refractivity contribution in [3.63, 3.8) is 0 Å². The second-order valence-electron chi connectivity index (χ2n) is 9.26. The van der Waals surface area contributed by atoms with Crippen molar-refractivity contribution in [2.24, 2.45) is 0 Å². The van der Waals surface area contributed by atoms with E-state index >= 15 is 0 Å². The van der Waals surface area contributed by atoms with Gasteiger partial charge in [-0.15, -0.1) is 11.8 Å². The Bertz CT molecular complexity index is 1200. The summed E-state index contributed by atoms with van der Waals surface area (Å²) in [6.45, 7) is 4.45. The summed E-state index contributed by atoms with van der Waals surface area (Å²) < 4.78 is 33.9. The third-order valence-electron chi connectivity index (χ3n) is 5.16. The van der Waals surface area contributed by atoms with Crippen molar-refractivity contribution in [2.75, 3.05) is 17.6 Å². The molecular formula is C25H27F2N3O6S. The number of thioether (sulfide) groups is 1. The number of ether oxygens (including phenoxy) is 1. The Morgan fingerprint density at radius 1 is 1.14 bits per heavy atom. The lowest BCUT2D eigenvalue weighted by atomic mass is 10.1. The standard InChI is InChI=1S/C25H27F2N3O6S/c1-25(2,3)36-23(34)18-13-37-22(16-8-5-9-17(26)21(16)27)30(18)19(31)12-28-24(35)29-15-7-4-6-14(10-15)11-20(32)33/h4-10,18,22H,11-13H2,1-3H3,(H,32,33)(H2,28,29,35). The number of benzene rings is 2. The van der Waals surface area contributed by atoms with E-state index in [1.807, 2.05) is 0 Å². The van der Waals surface area contributed by atoms with Gasteiger partial charge in [0.15, 0.2) is 11.6 Å². The first-order valence-electron chi connectivity index (χ1n) is 11.3. The number of urea groups is 1. The number of amides is 3. The van der Waals surface area contributed by atoms with Gasteiger partial charge in [0.2, 0.25) is 5.91 Å². The summed E-state index contributed by atoms with van der Waals surface area (Å²) in [5.74, 6) is -4.57. The number of carbonyl (C=O) groups is 4. The fraction of sp³-hybridized carbons (Fsp3) is 0.360. The monoisotopic (exact) mass is 535 g/mol. The zero-order valence-corrected chi connectivity index (χ0v) is 21.2. The SMILES string of the molecule is CC(C)(C)OC(=O)C1CSC(c2cccc(F)c2F)N1C(=O)CNC(=O)Nc1cccc(CC(=O)O)c1. The number of carboxylic acid groups (broad SMARTS) is 1. The van der Waals surface area contributed by atoms with Crippen LogP contribution in [0.3, 0.4) is 0 Å². The van der Waals surface area contributed by atoms with Gasteiger partial charge < -0.3 is 25.4 Å². The molecule has 0 radical (unpaired) electrons. The maximum atomic E-state index is 14.6. The molecule has 2 unspecified atom stereocenters. The average molecular weight is 536 g/mol. The van der Waals surface area contributed by atoms with Crippen molar-refractivity contribution >= 4 is 41.3 Å². The van der Waals surface area contributed by atoms with Crippen LogP contribution in [0, 0.1) is 11.6 Å². The third-order valence-corrected chi connectivity index (χ3v) is 6.46. The van der Waals surface area contributed by atoms with Crippen LogP contribution < -0.4 is 10.6 Å². The van der Waals surface area contributed by atoms with Crippen molar-refractivity contribution in [2.45, 2.75) is 44.2 Å². The molecule has 0 bridgehead atoms. The molecule has 3 N–H and O–H groups in total. The number of anilines is 1. The molecule has 2 atom stereocenters. The van der Waals surface area contributed by atoms with E-state index in [1.165, 1.54) is 18.2 Å². The van der Waals surface area contributed by atoms with Crippen LogP contribution in [-0.2, 0) is 25.5 Å².